The Balaban J connectivity index is 1.87. The van der Waals surface area contributed by atoms with Crippen LogP contribution in [0.3, 0.4) is 0 Å². The van der Waals surface area contributed by atoms with E-state index in [0.29, 0.717) is 23.2 Å². The molecule has 0 aliphatic rings. The van der Waals surface area contributed by atoms with Crippen molar-refractivity contribution in [1.82, 2.24) is 0 Å². The number of rotatable bonds is 7. The lowest BCUT2D eigenvalue weighted by atomic mass is 10.1. The molecule has 138 valence electrons. The zero-order valence-corrected chi connectivity index (χ0v) is 15.2. The van der Waals surface area contributed by atoms with E-state index in [9.17, 15) is 14.4 Å². The van der Waals surface area contributed by atoms with Gasteiger partial charge in [-0.3, -0.25) is 14.4 Å². The topological polar surface area (TPSA) is 96.3 Å². The zero-order valence-electron chi connectivity index (χ0n) is 15.2. The number of amides is 1. The van der Waals surface area contributed by atoms with Crippen LogP contribution in [-0.2, 0) is 20.7 Å². The van der Waals surface area contributed by atoms with Crippen LogP contribution in [0.1, 0.15) is 41.8 Å². The number of hydrogen-bond donors (Lipinski definition) is 1. The maximum atomic E-state index is 12.2. The summed E-state index contributed by atoms with van der Waals surface area (Å²) in [7, 11) is 0. The highest BCUT2D eigenvalue weighted by Gasteiger charge is 2.19. The number of nitrogens with zero attached hydrogens (tertiary/aromatic N) is 1. The minimum atomic E-state index is -0.988. The van der Waals surface area contributed by atoms with Gasteiger partial charge >= 0.3 is 5.97 Å². The van der Waals surface area contributed by atoms with Crippen LogP contribution in [0, 0.1) is 11.3 Å². The maximum Gasteiger partial charge on any atom is 0.306 e. The summed E-state index contributed by atoms with van der Waals surface area (Å²) in [5, 5.41) is 11.4. The fraction of sp³-hybridized carbons (Fsp3) is 0.238. The lowest BCUT2D eigenvalue weighted by Gasteiger charge is -2.15. The van der Waals surface area contributed by atoms with Crippen molar-refractivity contribution < 1.29 is 19.1 Å². The van der Waals surface area contributed by atoms with Crippen molar-refractivity contribution in [3.63, 3.8) is 0 Å². The van der Waals surface area contributed by atoms with Crippen molar-refractivity contribution in [2.24, 2.45) is 0 Å². The Morgan fingerprint density at radius 2 is 1.78 bits per heavy atom. The monoisotopic (exact) mass is 364 g/mol. The normalized spacial score (nSPS) is 11.1. The molecule has 0 saturated carbocycles. The zero-order chi connectivity index (χ0) is 19.8. The van der Waals surface area contributed by atoms with Crippen LogP contribution in [0.15, 0.2) is 48.5 Å². The average molecular weight is 364 g/mol. The van der Waals surface area contributed by atoms with Gasteiger partial charge in [0.1, 0.15) is 0 Å². The van der Waals surface area contributed by atoms with Gasteiger partial charge in [-0.25, -0.2) is 0 Å². The first-order valence-corrected chi connectivity index (χ1v) is 8.50. The lowest BCUT2D eigenvalue weighted by Crippen LogP contribution is -2.30. The van der Waals surface area contributed by atoms with Gasteiger partial charge in [0.2, 0.25) is 0 Å². The molecule has 2 rings (SSSR count). The first-order valence-electron chi connectivity index (χ1n) is 8.50. The summed E-state index contributed by atoms with van der Waals surface area (Å²) >= 11 is 0. The number of hydrogen-bond acceptors (Lipinski definition) is 5. The van der Waals surface area contributed by atoms with Crippen molar-refractivity contribution in [3.05, 3.63) is 65.2 Å². The highest BCUT2D eigenvalue weighted by atomic mass is 16.5. The summed E-state index contributed by atoms with van der Waals surface area (Å²) in [6.45, 7) is 2.89. The molecule has 6 heteroatoms. The second-order valence-corrected chi connectivity index (χ2v) is 6.03. The van der Waals surface area contributed by atoms with E-state index in [2.05, 4.69) is 5.32 Å². The predicted molar refractivity (Wildman–Crippen MR) is 100 cm³/mol. The van der Waals surface area contributed by atoms with E-state index >= 15 is 0 Å². The van der Waals surface area contributed by atoms with Crippen molar-refractivity contribution in [2.45, 2.75) is 32.8 Å². The van der Waals surface area contributed by atoms with Gasteiger partial charge in [0.05, 0.1) is 17.3 Å². The number of benzene rings is 2. The molecule has 27 heavy (non-hydrogen) atoms. The summed E-state index contributed by atoms with van der Waals surface area (Å²) in [6, 6.07) is 15.6. The number of nitriles is 1. The number of aryl methyl sites for hydroxylation is 1. The molecule has 2 aromatic carbocycles. The molecule has 0 fully saturated rings. The molecule has 0 aliphatic carbocycles. The van der Waals surface area contributed by atoms with Crippen LogP contribution in [-0.4, -0.2) is 23.8 Å². The Morgan fingerprint density at radius 3 is 2.41 bits per heavy atom. The standard InChI is InChI=1S/C21H20N2O4/c1-14(24)18-5-3-4-6-19(18)23-21(26)15(2)27-20(25)12-11-16-7-9-17(13-22)10-8-16/h3-10,15H,11-12H2,1-2H3,(H,23,26). The quantitative estimate of drug-likeness (QED) is 0.601. The number of Topliss-reactive ketones (excluding diaryl/α,β-unsaturated/α-hetero) is 1. The minimum absolute atomic E-state index is 0.119. The molecule has 2 aromatic rings. The van der Waals surface area contributed by atoms with E-state index in [1.165, 1.54) is 13.8 Å². The molecule has 1 N–H and O–H groups in total. The van der Waals surface area contributed by atoms with Crippen LogP contribution in [0.5, 0.6) is 0 Å². The van der Waals surface area contributed by atoms with E-state index in [1.807, 2.05) is 6.07 Å². The average Bonchev–Trinajstić information content (AvgIpc) is 2.67. The van der Waals surface area contributed by atoms with Crippen molar-refractivity contribution in [1.29, 1.82) is 5.26 Å². The van der Waals surface area contributed by atoms with Crippen LogP contribution < -0.4 is 5.32 Å². The number of nitrogens with one attached hydrogen (secondary N) is 1. The van der Waals surface area contributed by atoms with Gasteiger partial charge in [-0.1, -0.05) is 24.3 Å². The summed E-state index contributed by atoms with van der Waals surface area (Å²) in [5.41, 5.74) is 2.23. The third kappa shape index (κ3) is 5.79. The van der Waals surface area contributed by atoms with Gasteiger partial charge in [0, 0.05) is 12.0 Å². The van der Waals surface area contributed by atoms with E-state index in [0.717, 1.165) is 5.56 Å². The number of ether oxygens (including phenoxy) is 1. The molecule has 0 aromatic heterocycles. The second kappa shape index (κ2) is 9.30. The Kier molecular flexibility index (Phi) is 6.84. The molecule has 1 amide bonds. The van der Waals surface area contributed by atoms with Crippen molar-refractivity contribution in [3.8, 4) is 6.07 Å². The number of para-hydroxylation sites is 1. The second-order valence-electron chi connectivity index (χ2n) is 6.03. The Morgan fingerprint density at radius 1 is 1.11 bits per heavy atom. The van der Waals surface area contributed by atoms with Crippen molar-refractivity contribution >= 4 is 23.3 Å². The minimum Gasteiger partial charge on any atom is -0.453 e. The van der Waals surface area contributed by atoms with Gasteiger partial charge in [0.25, 0.3) is 5.91 Å². The summed E-state index contributed by atoms with van der Waals surface area (Å²) < 4.78 is 5.16. The highest BCUT2D eigenvalue weighted by molar-refractivity contribution is 6.04. The number of carbonyl (C=O) groups excluding carboxylic acids is 3. The lowest BCUT2D eigenvalue weighted by molar-refractivity contribution is -0.153. The van der Waals surface area contributed by atoms with Crippen molar-refractivity contribution in [2.75, 3.05) is 5.32 Å². The van der Waals surface area contributed by atoms with E-state index in [1.54, 1.807) is 48.5 Å². The molecule has 1 atom stereocenters. The number of ketones is 1. The first kappa shape index (κ1) is 19.9. The third-order valence-corrected chi connectivity index (χ3v) is 3.94. The smallest absolute Gasteiger partial charge is 0.306 e. The molecular formula is C21H20N2O4. The number of anilines is 1. The summed E-state index contributed by atoms with van der Waals surface area (Å²) in [6.07, 6.45) is -0.418. The molecule has 0 spiro atoms. The molecule has 6 nitrogen and oxygen atoms in total. The maximum absolute atomic E-state index is 12.2. The molecule has 1 unspecified atom stereocenters. The van der Waals surface area contributed by atoms with E-state index < -0.39 is 18.0 Å². The molecule has 0 bridgehead atoms. The fourth-order valence-corrected chi connectivity index (χ4v) is 2.44. The van der Waals surface area contributed by atoms with Gasteiger partial charge in [-0.05, 0) is 50.1 Å². The van der Waals surface area contributed by atoms with Gasteiger partial charge in [-0.15, -0.1) is 0 Å². The van der Waals surface area contributed by atoms with Crippen LogP contribution in [0.25, 0.3) is 0 Å². The Hall–Kier alpha value is -3.46. The van der Waals surface area contributed by atoms with Crippen LogP contribution in [0.4, 0.5) is 5.69 Å². The van der Waals surface area contributed by atoms with Crippen LogP contribution in [0.2, 0.25) is 0 Å². The van der Waals surface area contributed by atoms with Gasteiger partial charge in [0.15, 0.2) is 11.9 Å². The number of carbonyl (C=O) groups is 3. The largest absolute Gasteiger partial charge is 0.453 e. The summed E-state index contributed by atoms with van der Waals surface area (Å²) in [4.78, 5) is 35.8. The first-order chi connectivity index (χ1) is 12.9. The molecule has 0 heterocycles. The Bertz CT molecular complexity index is 882. The molecule has 0 saturated heterocycles. The SMILES string of the molecule is CC(=O)c1ccccc1NC(=O)C(C)OC(=O)CCc1ccc(C#N)cc1. The molecule has 0 radical (unpaired) electrons. The van der Waals surface area contributed by atoms with Crippen LogP contribution >= 0.6 is 0 Å². The summed E-state index contributed by atoms with van der Waals surface area (Å²) in [5.74, 6) is -1.17. The fourth-order valence-electron chi connectivity index (χ4n) is 2.44. The van der Waals surface area contributed by atoms with E-state index in [-0.39, 0.29) is 12.2 Å². The third-order valence-electron chi connectivity index (χ3n) is 3.94. The van der Waals surface area contributed by atoms with E-state index in [4.69, 9.17) is 10.00 Å². The highest BCUT2D eigenvalue weighted by Crippen LogP contribution is 2.16. The Labute approximate surface area is 157 Å². The van der Waals surface area contributed by atoms with Gasteiger partial charge < -0.3 is 10.1 Å². The molecule has 0 aliphatic heterocycles. The van der Waals surface area contributed by atoms with Gasteiger partial charge in [-0.2, -0.15) is 5.26 Å². The predicted octanol–water partition coefficient (Wildman–Crippen LogP) is 3.26. The molecular weight excluding hydrogens is 344 g/mol. The number of esters is 1.